The second-order valence-corrected chi connectivity index (χ2v) is 7.45. The Balaban J connectivity index is 2.69. The Hall–Kier alpha value is -3.09. The summed E-state index contributed by atoms with van der Waals surface area (Å²) in [6, 6.07) is 6.16. The van der Waals surface area contributed by atoms with Crippen molar-refractivity contribution in [3.8, 4) is 0 Å². The minimum atomic E-state index is -0.414. The van der Waals surface area contributed by atoms with Crippen molar-refractivity contribution in [1.29, 1.82) is 0 Å². The molecule has 0 bridgehead atoms. The second kappa shape index (κ2) is 10.3. The molecule has 0 aliphatic rings. The SMILES string of the molecule is C=CCN(CC=C)C(=O)c1ccc(NC(=O)N(C)CC(=O)NC(C)(C)C)cc1. The fraction of sp³-hybridized carbons (Fsp3) is 0.381. The molecule has 7 heteroatoms. The van der Waals surface area contributed by atoms with Crippen molar-refractivity contribution in [2.24, 2.45) is 0 Å². The zero-order valence-electron chi connectivity index (χ0n) is 17.1. The van der Waals surface area contributed by atoms with E-state index in [1.165, 1.54) is 11.9 Å². The van der Waals surface area contributed by atoms with Crippen LogP contribution in [0.4, 0.5) is 10.5 Å². The monoisotopic (exact) mass is 386 g/mol. The van der Waals surface area contributed by atoms with Crippen molar-refractivity contribution in [2.45, 2.75) is 26.3 Å². The Morgan fingerprint density at radius 1 is 1.04 bits per heavy atom. The highest BCUT2D eigenvalue weighted by Gasteiger charge is 2.18. The van der Waals surface area contributed by atoms with Gasteiger partial charge in [0.05, 0.1) is 0 Å². The summed E-state index contributed by atoms with van der Waals surface area (Å²) >= 11 is 0. The molecule has 0 spiro atoms. The van der Waals surface area contributed by atoms with E-state index in [1.807, 2.05) is 20.8 Å². The third-order valence-corrected chi connectivity index (χ3v) is 3.61. The van der Waals surface area contributed by atoms with Gasteiger partial charge in [-0.2, -0.15) is 0 Å². The molecule has 7 nitrogen and oxygen atoms in total. The van der Waals surface area contributed by atoms with Gasteiger partial charge in [-0.3, -0.25) is 9.59 Å². The van der Waals surface area contributed by atoms with E-state index in [-0.39, 0.29) is 23.9 Å². The van der Waals surface area contributed by atoms with Crippen LogP contribution in [0, 0.1) is 0 Å². The maximum atomic E-state index is 12.5. The lowest BCUT2D eigenvalue weighted by Crippen LogP contribution is -2.47. The van der Waals surface area contributed by atoms with Gasteiger partial charge < -0.3 is 20.4 Å². The predicted molar refractivity (Wildman–Crippen MR) is 112 cm³/mol. The van der Waals surface area contributed by atoms with Crippen molar-refractivity contribution in [3.63, 3.8) is 0 Å². The molecule has 0 saturated heterocycles. The van der Waals surface area contributed by atoms with Crippen LogP contribution in [0.1, 0.15) is 31.1 Å². The number of hydrogen-bond donors (Lipinski definition) is 2. The van der Waals surface area contributed by atoms with Gasteiger partial charge in [0.25, 0.3) is 5.91 Å². The highest BCUT2D eigenvalue weighted by atomic mass is 16.2. The zero-order chi connectivity index (χ0) is 21.3. The van der Waals surface area contributed by atoms with Gasteiger partial charge in [-0.15, -0.1) is 13.2 Å². The van der Waals surface area contributed by atoms with Gasteiger partial charge in [0.1, 0.15) is 6.54 Å². The lowest BCUT2D eigenvalue weighted by atomic mass is 10.1. The molecular formula is C21H30N4O3. The first-order valence-corrected chi connectivity index (χ1v) is 9.01. The molecule has 0 heterocycles. The van der Waals surface area contributed by atoms with Crippen LogP contribution in [0.25, 0.3) is 0 Å². The molecule has 1 aromatic carbocycles. The van der Waals surface area contributed by atoms with E-state index in [0.29, 0.717) is 24.3 Å². The topological polar surface area (TPSA) is 81.8 Å². The molecule has 0 aliphatic carbocycles. The van der Waals surface area contributed by atoms with Gasteiger partial charge in [0, 0.05) is 36.9 Å². The molecule has 28 heavy (non-hydrogen) atoms. The summed E-state index contributed by atoms with van der Waals surface area (Å²) < 4.78 is 0. The number of amides is 4. The minimum absolute atomic E-state index is 0.0578. The summed E-state index contributed by atoms with van der Waals surface area (Å²) in [7, 11) is 1.54. The molecule has 1 rings (SSSR count). The number of carbonyl (C=O) groups excluding carboxylic acids is 3. The van der Waals surface area contributed by atoms with Crippen LogP contribution in [0.5, 0.6) is 0 Å². The van der Waals surface area contributed by atoms with Crippen molar-refractivity contribution in [3.05, 3.63) is 55.1 Å². The van der Waals surface area contributed by atoms with Gasteiger partial charge in [-0.05, 0) is 45.0 Å². The standard InChI is InChI=1S/C21H30N4O3/c1-7-13-25(14-8-2)19(27)16-9-11-17(12-10-16)22-20(28)24(6)15-18(26)23-21(3,4)5/h7-12H,1-2,13-15H2,3-6H3,(H,22,28)(H,23,26). The number of nitrogens with zero attached hydrogens (tertiary/aromatic N) is 2. The first kappa shape index (κ1) is 23.0. The lowest BCUT2D eigenvalue weighted by molar-refractivity contribution is -0.122. The lowest BCUT2D eigenvalue weighted by Gasteiger charge is -2.23. The molecule has 0 aliphatic heterocycles. The molecule has 1 aromatic rings. The van der Waals surface area contributed by atoms with Gasteiger partial charge in [0.2, 0.25) is 5.91 Å². The Labute approximate surface area is 167 Å². The molecule has 0 saturated carbocycles. The van der Waals surface area contributed by atoms with Gasteiger partial charge in [0.15, 0.2) is 0 Å². The highest BCUT2D eigenvalue weighted by Crippen LogP contribution is 2.12. The van der Waals surface area contributed by atoms with Gasteiger partial charge in [-0.1, -0.05) is 12.2 Å². The molecule has 152 valence electrons. The first-order chi connectivity index (χ1) is 13.1. The number of carbonyl (C=O) groups is 3. The van der Waals surface area contributed by atoms with E-state index in [0.717, 1.165) is 0 Å². The summed E-state index contributed by atoms with van der Waals surface area (Å²) in [6.45, 7) is 13.7. The number of nitrogens with one attached hydrogen (secondary N) is 2. The number of urea groups is 1. The van der Waals surface area contributed by atoms with Crippen molar-refractivity contribution in [2.75, 3.05) is 32.0 Å². The van der Waals surface area contributed by atoms with E-state index >= 15 is 0 Å². The van der Waals surface area contributed by atoms with Gasteiger partial charge in [-0.25, -0.2) is 4.79 Å². The number of hydrogen-bond acceptors (Lipinski definition) is 3. The quantitative estimate of drug-likeness (QED) is 0.674. The highest BCUT2D eigenvalue weighted by molar-refractivity contribution is 5.96. The van der Waals surface area contributed by atoms with Crippen molar-refractivity contribution >= 4 is 23.5 Å². The summed E-state index contributed by atoms with van der Waals surface area (Å²) in [5, 5.41) is 5.51. The average molecular weight is 386 g/mol. The fourth-order valence-corrected chi connectivity index (χ4v) is 2.39. The van der Waals surface area contributed by atoms with Crippen LogP contribution in [0.2, 0.25) is 0 Å². The van der Waals surface area contributed by atoms with E-state index in [2.05, 4.69) is 23.8 Å². The number of likely N-dealkylation sites (N-methyl/N-ethyl adjacent to an activating group) is 1. The van der Waals surface area contributed by atoms with E-state index in [4.69, 9.17) is 0 Å². The molecule has 0 aromatic heterocycles. The summed E-state index contributed by atoms with van der Waals surface area (Å²) in [5.74, 6) is -0.385. The third-order valence-electron chi connectivity index (χ3n) is 3.61. The zero-order valence-corrected chi connectivity index (χ0v) is 17.1. The molecule has 4 amide bonds. The molecule has 2 N–H and O–H groups in total. The predicted octanol–water partition coefficient (Wildman–Crippen LogP) is 2.88. The van der Waals surface area contributed by atoms with Crippen LogP contribution in [0.3, 0.4) is 0 Å². The minimum Gasteiger partial charge on any atom is -0.350 e. The van der Waals surface area contributed by atoms with Crippen LogP contribution in [-0.4, -0.2) is 59.9 Å². The van der Waals surface area contributed by atoms with Crippen LogP contribution in [-0.2, 0) is 4.79 Å². The normalized spacial score (nSPS) is 10.6. The second-order valence-electron chi connectivity index (χ2n) is 7.45. The third kappa shape index (κ3) is 7.65. The largest absolute Gasteiger partial charge is 0.350 e. The van der Waals surface area contributed by atoms with Crippen LogP contribution < -0.4 is 10.6 Å². The Bertz CT molecular complexity index is 710. The number of benzene rings is 1. The smallest absolute Gasteiger partial charge is 0.322 e. The Morgan fingerprint density at radius 2 is 1.57 bits per heavy atom. The molecular weight excluding hydrogens is 356 g/mol. The van der Waals surface area contributed by atoms with E-state index < -0.39 is 6.03 Å². The molecule has 0 fully saturated rings. The van der Waals surface area contributed by atoms with Gasteiger partial charge >= 0.3 is 6.03 Å². The van der Waals surface area contributed by atoms with E-state index in [1.54, 1.807) is 41.3 Å². The maximum absolute atomic E-state index is 12.5. The fourth-order valence-electron chi connectivity index (χ4n) is 2.39. The van der Waals surface area contributed by atoms with E-state index in [9.17, 15) is 14.4 Å². The van der Waals surface area contributed by atoms with Crippen molar-refractivity contribution < 1.29 is 14.4 Å². The summed E-state index contributed by atoms with van der Waals surface area (Å²) in [5.41, 5.74) is 0.671. The molecule has 0 atom stereocenters. The summed E-state index contributed by atoms with van der Waals surface area (Å²) in [6.07, 6.45) is 3.31. The summed E-state index contributed by atoms with van der Waals surface area (Å²) in [4.78, 5) is 39.6. The number of rotatable bonds is 8. The average Bonchev–Trinajstić information content (AvgIpc) is 2.59. The van der Waals surface area contributed by atoms with Crippen molar-refractivity contribution in [1.82, 2.24) is 15.1 Å². The van der Waals surface area contributed by atoms with Crippen LogP contribution in [0.15, 0.2) is 49.6 Å². The first-order valence-electron chi connectivity index (χ1n) is 9.01. The van der Waals surface area contributed by atoms with Crippen LogP contribution >= 0.6 is 0 Å². The molecule has 0 radical (unpaired) electrons. The number of anilines is 1. The molecule has 0 unspecified atom stereocenters. The Morgan fingerprint density at radius 3 is 2.04 bits per heavy atom. The maximum Gasteiger partial charge on any atom is 0.322 e. The Kier molecular flexibility index (Phi) is 8.44.